The SMILES string of the molecule is C[C@@H](C(=O)NC(N)=O)N1CCN(c2ccccc2Cl)CC1. The van der Waals surface area contributed by atoms with Gasteiger partial charge in [-0.25, -0.2) is 4.79 Å². The maximum absolute atomic E-state index is 11.8. The Hall–Kier alpha value is -1.79. The molecule has 1 fully saturated rings. The van der Waals surface area contributed by atoms with Gasteiger partial charge in [-0.15, -0.1) is 0 Å². The molecule has 2 rings (SSSR count). The zero-order valence-corrected chi connectivity index (χ0v) is 12.6. The van der Waals surface area contributed by atoms with Crippen molar-refractivity contribution >= 4 is 29.2 Å². The second-order valence-corrected chi connectivity index (χ2v) is 5.41. The van der Waals surface area contributed by atoms with Crippen LogP contribution in [0.5, 0.6) is 0 Å². The van der Waals surface area contributed by atoms with E-state index in [9.17, 15) is 9.59 Å². The molecule has 21 heavy (non-hydrogen) atoms. The van der Waals surface area contributed by atoms with Crippen molar-refractivity contribution in [3.8, 4) is 0 Å². The first-order chi connectivity index (χ1) is 9.99. The lowest BCUT2D eigenvalue weighted by molar-refractivity contribution is -0.124. The molecule has 0 aromatic heterocycles. The third-order valence-corrected chi connectivity index (χ3v) is 4.00. The highest BCUT2D eigenvalue weighted by molar-refractivity contribution is 6.33. The number of para-hydroxylation sites is 1. The number of nitrogens with two attached hydrogens (primary N) is 1. The summed E-state index contributed by atoms with van der Waals surface area (Å²) in [5, 5.41) is 2.84. The van der Waals surface area contributed by atoms with E-state index in [1.54, 1.807) is 6.92 Å². The Kier molecular flexibility index (Phi) is 5.03. The number of nitrogens with zero attached hydrogens (tertiary/aromatic N) is 2. The second-order valence-electron chi connectivity index (χ2n) is 5.00. The van der Waals surface area contributed by atoms with E-state index in [4.69, 9.17) is 17.3 Å². The summed E-state index contributed by atoms with van der Waals surface area (Å²) in [6.45, 7) is 4.76. The molecule has 0 bridgehead atoms. The van der Waals surface area contributed by atoms with E-state index in [2.05, 4.69) is 10.2 Å². The van der Waals surface area contributed by atoms with Crippen LogP contribution >= 0.6 is 11.6 Å². The maximum Gasteiger partial charge on any atom is 0.318 e. The summed E-state index contributed by atoms with van der Waals surface area (Å²) in [6, 6.07) is 6.51. The minimum atomic E-state index is -0.818. The number of rotatable bonds is 3. The van der Waals surface area contributed by atoms with Crippen LogP contribution in [0, 0.1) is 0 Å². The number of urea groups is 1. The molecular weight excluding hydrogens is 292 g/mol. The van der Waals surface area contributed by atoms with Crippen LogP contribution in [0.1, 0.15) is 6.92 Å². The van der Waals surface area contributed by atoms with Crippen molar-refractivity contribution < 1.29 is 9.59 Å². The highest BCUT2D eigenvalue weighted by Crippen LogP contribution is 2.26. The van der Waals surface area contributed by atoms with Crippen molar-refractivity contribution in [1.29, 1.82) is 0 Å². The number of nitrogens with one attached hydrogen (secondary N) is 1. The number of halogens is 1. The number of anilines is 1. The maximum atomic E-state index is 11.8. The summed E-state index contributed by atoms with van der Waals surface area (Å²) in [5.74, 6) is -0.367. The molecule has 0 spiro atoms. The lowest BCUT2D eigenvalue weighted by Gasteiger charge is -2.38. The summed E-state index contributed by atoms with van der Waals surface area (Å²) in [4.78, 5) is 26.7. The Labute approximate surface area is 128 Å². The fraction of sp³-hybridized carbons (Fsp3) is 0.429. The number of carbonyl (C=O) groups is 2. The minimum absolute atomic E-state index is 0.367. The van der Waals surface area contributed by atoms with Crippen molar-refractivity contribution in [3.05, 3.63) is 29.3 Å². The van der Waals surface area contributed by atoms with E-state index < -0.39 is 6.03 Å². The van der Waals surface area contributed by atoms with E-state index in [1.807, 2.05) is 29.2 Å². The first-order valence-electron chi connectivity index (χ1n) is 6.83. The van der Waals surface area contributed by atoms with Crippen LogP contribution in [-0.2, 0) is 4.79 Å². The number of hydrogen-bond donors (Lipinski definition) is 2. The van der Waals surface area contributed by atoms with E-state index in [-0.39, 0.29) is 11.9 Å². The highest BCUT2D eigenvalue weighted by Gasteiger charge is 2.26. The smallest absolute Gasteiger partial charge is 0.318 e. The van der Waals surface area contributed by atoms with Crippen LogP contribution in [0.15, 0.2) is 24.3 Å². The quantitative estimate of drug-likeness (QED) is 0.874. The van der Waals surface area contributed by atoms with Crippen molar-refractivity contribution in [2.24, 2.45) is 5.73 Å². The van der Waals surface area contributed by atoms with Gasteiger partial charge in [0.15, 0.2) is 0 Å². The monoisotopic (exact) mass is 310 g/mol. The van der Waals surface area contributed by atoms with Gasteiger partial charge in [-0.05, 0) is 19.1 Å². The molecule has 6 nitrogen and oxygen atoms in total. The topological polar surface area (TPSA) is 78.7 Å². The van der Waals surface area contributed by atoms with Crippen LogP contribution in [-0.4, -0.2) is 49.1 Å². The normalized spacial score (nSPS) is 17.3. The third-order valence-electron chi connectivity index (χ3n) is 3.68. The van der Waals surface area contributed by atoms with Gasteiger partial charge in [0, 0.05) is 26.2 Å². The van der Waals surface area contributed by atoms with Crippen molar-refractivity contribution in [2.75, 3.05) is 31.1 Å². The van der Waals surface area contributed by atoms with E-state index in [1.165, 1.54) is 0 Å². The zero-order valence-electron chi connectivity index (χ0n) is 11.9. The average molecular weight is 311 g/mol. The van der Waals surface area contributed by atoms with Crippen LogP contribution in [0.3, 0.4) is 0 Å². The minimum Gasteiger partial charge on any atom is -0.368 e. The number of primary amides is 1. The van der Waals surface area contributed by atoms with Crippen molar-refractivity contribution in [3.63, 3.8) is 0 Å². The lowest BCUT2D eigenvalue weighted by atomic mass is 10.2. The zero-order chi connectivity index (χ0) is 15.4. The standard InChI is InChI=1S/C14H19ClN4O2/c1-10(13(20)17-14(16)21)18-6-8-19(9-7-18)12-5-3-2-4-11(12)15/h2-5,10H,6-9H2,1H3,(H3,16,17,20,21)/t10-/m0/s1. The number of piperazine rings is 1. The van der Waals surface area contributed by atoms with Gasteiger partial charge in [0.1, 0.15) is 0 Å². The van der Waals surface area contributed by atoms with Gasteiger partial charge >= 0.3 is 6.03 Å². The molecule has 0 saturated carbocycles. The van der Waals surface area contributed by atoms with Gasteiger partial charge in [0.05, 0.1) is 16.8 Å². The molecule has 1 saturated heterocycles. The van der Waals surface area contributed by atoms with Crippen LogP contribution in [0.2, 0.25) is 5.02 Å². The molecule has 0 aliphatic carbocycles. The predicted octanol–water partition coefficient (Wildman–Crippen LogP) is 1.05. The number of imide groups is 1. The molecular formula is C14H19ClN4O2. The fourth-order valence-corrected chi connectivity index (χ4v) is 2.71. The summed E-state index contributed by atoms with van der Waals surface area (Å²) in [7, 11) is 0. The number of amides is 3. The Morgan fingerprint density at radius 1 is 1.24 bits per heavy atom. The first-order valence-corrected chi connectivity index (χ1v) is 7.20. The average Bonchev–Trinajstić information content (AvgIpc) is 2.46. The Morgan fingerprint density at radius 2 is 1.86 bits per heavy atom. The molecule has 3 amide bonds. The molecule has 0 radical (unpaired) electrons. The van der Waals surface area contributed by atoms with Gasteiger partial charge in [-0.2, -0.15) is 0 Å². The molecule has 1 aromatic rings. The number of benzene rings is 1. The van der Waals surface area contributed by atoms with Gasteiger partial charge in [0.2, 0.25) is 5.91 Å². The molecule has 0 unspecified atom stereocenters. The van der Waals surface area contributed by atoms with Crippen LogP contribution in [0.25, 0.3) is 0 Å². The molecule has 3 N–H and O–H groups in total. The summed E-state index contributed by atoms with van der Waals surface area (Å²) in [6.07, 6.45) is 0. The summed E-state index contributed by atoms with van der Waals surface area (Å²) in [5.41, 5.74) is 5.97. The molecule has 1 atom stereocenters. The third kappa shape index (κ3) is 3.86. The van der Waals surface area contributed by atoms with Gasteiger partial charge in [-0.3, -0.25) is 15.0 Å². The highest BCUT2D eigenvalue weighted by atomic mass is 35.5. The van der Waals surface area contributed by atoms with E-state index >= 15 is 0 Å². The Morgan fingerprint density at radius 3 is 2.43 bits per heavy atom. The summed E-state index contributed by atoms with van der Waals surface area (Å²) >= 11 is 6.19. The van der Waals surface area contributed by atoms with Gasteiger partial charge in [0.25, 0.3) is 0 Å². The lowest BCUT2D eigenvalue weighted by Crippen LogP contribution is -2.55. The predicted molar refractivity (Wildman–Crippen MR) is 82.4 cm³/mol. The largest absolute Gasteiger partial charge is 0.368 e. The molecule has 114 valence electrons. The fourth-order valence-electron chi connectivity index (χ4n) is 2.45. The van der Waals surface area contributed by atoms with Crippen molar-refractivity contribution in [2.45, 2.75) is 13.0 Å². The molecule has 1 aromatic carbocycles. The number of carbonyl (C=O) groups excluding carboxylic acids is 2. The number of hydrogen-bond acceptors (Lipinski definition) is 4. The van der Waals surface area contributed by atoms with E-state index in [0.717, 1.165) is 36.9 Å². The molecule has 1 aliphatic rings. The van der Waals surface area contributed by atoms with Crippen molar-refractivity contribution in [1.82, 2.24) is 10.2 Å². The Bertz CT molecular complexity index is 529. The van der Waals surface area contributed by atoms with Crippen LogP contribution < -0.4 is 16.0 Å². The molecule has 1 aliphatic heterocycles. The second kappa shape index (κ2) is 6.78. The molecule has 1 heterocycles. The van der Waals surface area contributed by atoms with Gasteiger partial charge in [-0.1, -0.05) is 23.7 Å². The van der Waals surface area contributed by atoms with Gasteiger partial charge < -0.3 is 10.6 Å². The molecule has 7 heteroatoms. The van der Waals surface area contributed by atoms with Crippen LogP contribution in [0.4, 0.5) is 10.5 Å². The Balaban J connectivity index is 1.93. The summed E-state index contributed by atoms with van der Waals surface area (Å²) < 4.78 is 0. The van der Waals surface area contributed by atoms with E-state index in [0.29, 0.717) is 0 Å². The first kappa shape index (κ1) is 15.6.